The molecule has 0 radical (unpaired) electrons. The molecule has 0 saturated carbocycles. The van der Waals surface area contributed by atoms with Gasteiger partial charge in [0.05, 0.1) is 23.3 Å². The van der Waals surface area contributed by atoms with Gasteiger partial charge in [-0.3, -0.25) is 4.68 Å². The molecule has 0 spiro atoms. The van der Waals surface area contributed by atoms with Crippen molar-refractivity contribution in [2.75, 3.05) is 0 Å². The molecule has 0 amide bonds. The molecular formula is C18H11F5N2O2. The number of alkyl halides is 3. The zero-order valence-electron chi connectivity index (χ0n) is 13.5. The highest BCUT2D eigenvalue weighted by molar-refractivity contribution is 5.92. The van der Waals surface area contributed by atoms with Crippen molar-refractivity contribution in [3.63, 3.8) is 0 Å². The van der Waals surface area contributed by atoms with E-state index >= 15 is 0 Å². The number of carboxylic acids is 1. The lowest BCUT2D eigenvalue weighted by Gasteiger charge is -2.08. The molecule has 4 nitrogen and oxygen atoms in total. The zero-order valence-corrected chi connectivity index (χ0v) is 13.5. The van der Waals surface area contributed by atoms with Crippen molar-refractivity contribution in [3.8, 4) is 0 Å². The molecule has 1 heterocycles. The Morgan fingerprint density at radius 3 is 2.52 bits per heavy atom. The van der Waals surface area contributed by atoms with E-state index in [-0.39, 0.29) is 28.7 Å². The summed E-state index contributed by atoms with van der Waals surface area (Å²) in [6.45, 7) is -0.259. The van der Waals surface area contributed by atoms with Gasteiger partial charge in [-0.25, -0.2) is 13.6 Å². The van der Waals surface area contributed by atoms with Crippen molar-refractivity contribution < 1.29 is 31.9 Å². The Kier molecular flexibility index (Phi) is 4.69. The number of hydrogen-bond donors (Lipinski definition) is 1. The van der Waals surface area contributed by atoms with Crippen LogP contribution in [0.3, 0.4) is 0 Å². The van der Waals surface area contributed by atoms with E-state index in [4.69, 9.17) is 5.11 Å². The summed E-state index contributed by atoms with van der Waals surface area (Å²) in [4.78, 5) is 10.7. The first-order valence-electron chi connectivity index (χ1n) is 7.58. The number of fused-ring (bicyclic) bond motifs is 1. The molecule has 0 aliphatic rings. The Hall–Kier alpha value is -3.23. The molecule has 140 valence electrons. The number of aliphatic carboxylic acids is 1. The second-order valence-corrected chi connectivity index (χ2v) is 5.68. The van der Waals surface area contributed by atoms with E-state index in [0.29, 0.717) is 6.07 Å². The van der Waals surface area contributed by atoms with Gasteiger partial charge in [-0.2, -0.15) is 18.3 Å². The minimum Gasteiger partial charge on any atom is -0.478 e. The predicted molar refractivity (Wildman–Crippen MR) is 86.9 cm³/mol. The van der Waals surface area contributed by atoms with Crippen molar-refractivity contribution >= 4 is 22.9 Å². The van der Waals surface area contributed by atoms with Gasteiger partial charge in [0.1, 0.15) is 11.6 Å². The lowest BCUT2D eigenvalue weighted by atomic mass is 10.1. The van der Waals surface area contributed by atoms with Gasteiger partial charge in [0, 0.05) is 23.1 Å². The fraction of sp³-hybridized carbons (Fsp3) is 0.111. The summed E-state index contributed by atoms with van der Waals surface area (Å²) < 4.78 is 67.1. The molecule has 1 aromatic heterocycles. The highest BCUT2D eigenvalue weighted by Crippen LogP contribution is 2.32. The topological polar surface area (TPSA) is 55.1 Å². The molecule has 1 N–H and O–H groups in total. The van der Waals surface area contributed by atoms with Gasteiger partial charge in [-0.05, 0) is 30.3 Å². The molecule has 0 bridgehead atoms. The Labute approximate surface area is 149 Å². The molecule has 0 fully saturated rings. The third kappa shape index (κ3) is 3.97. The Morgan fingerprint density at radius 1 is 1.15 bits per heavy atom. The quantitative estimate of drug-likeness (QED) is 0.535. The maximum Gasteiger partial charge on any atom is 0.416 e. The number of carbonyl (C=O) groups is 1. The van der Waals surface area contributed by atoms with E-state index in [2.05, 4.69) is 5.10 Å². The minimum absolute atomic E-state index is 0.0203. The maximum atomic E-state index is 13.9. The van der Waals surface area contributed by atoms with Crippen LogP contribution in [0.15, 0.2) is 42.5 Å². The number of hydrogen-bond acceptors (Lipinski definition) is 2. The standard InChI is InChI=1S/C18H11F5N2O2/c19-12-3-1-10(14(20)8-12)9-25-16-7-11(18(21,22)23)2-4-13(16)15(24-25)5-6-17(26)27/h1-8H,9H2,(H,26,27)/b6-5-. The van der Waals surface area contributed by atoms with Crippen LogP contribution < -0.4 is 0 Å². The van der Waals surface area contributed by atoms with E-state index in [1.54, 1.807) is 0 Å². The van der Waals surface area contributed by atoms with E-state index in [1.807, 2.05) is 0 Å². The number of aromatic nitrogens is 2. The van der Waals surface area contributed by atoms with Gasteiger partial charge < -0.3 is 5.11 Å². The first-order chi connectivity index (χ1) is 12.6. The molecule has 9 heteroatoms. The predicted octanol–water partition coefficient (Wildman–Crippen LogP) is 4.48. The van der Waals surface area contributed by atoms with E-state index in [0.717, 1.165) is 35.0 Å². The monoisotopic (exact) mass is 382 g/mol. The normalized spacial score (nSPS) is 12.2. The lowest BCUT2D eigenvalue weighted by Crippen LogP contribution is -2.07. The van der Waals surface area contributed by atoms with Crippen LogP contribution in [0.25, 0.3) is 17.0 Å². The van der Waals surface area contributed by atoms with Gasteiger partial charge in [-0.15, -0.1) is 0 Å². The Bertz CT molecular complexity index is 1050. The Morgan fingerprint density at radius 2 is 1.89 bits per heavy atom. The number of nitrogens with zero attached hydrogens (tertiary/aromatic N) is 2. The van der Waals surface area contributed by atoms with Crippen LogP contribution in [0.4, 0.5) is 22.0 Å². The summed E-state index contributed by atoms with van der Waals surface area (Å²) in [5, 5.41) is 13.1. The summed E-state index contributed by atoms with van der Waals surface area (Å²) >= 11 is 0. The minimum atomic E-state index is -4.60. The SMILES string of the molecule is O=C(O)/C=C\c1nn(Cc2ccc(F)cc2F)c2cc(C(F)(F)F)ccc12. The summed E-state index contributed by atoms with van der Waals surface area (Å²) in [6.07, 6.45) is -2.67. The second-order valence-electron chi connectivity index (χ2n) is 5.68. The number of halogens is 5. The molecule has 0 saturated heterocycles. The van der Waals surface area contributed by atoms with Gasteiger partial charge in [-0.1, -0.05) is 6.07 Å². The molecule has 0 aliphatic carbocycles. The van der Waals surface area contributed by atoms with Crippen LogP contribution in [0.5, 0.6) is 0 Å². The average Bonchev–Trinajstić information content (AvgIpc) is 2.92. The van der Waals surface area contributed by atoms with Gasteiger partial charge in [0.15, 0.2) is 0 Å². The van der Waals surface area contributed by atoms with Gasteiger partial charge in [0.25, 0.3) is 0 Å². The van der Waals surface area contributed by atoms with Crippen molar-refractivity contribution in [2.45, 2.75) is 12.7 Å². The smallest absolute Gasteiger partial charge is 0.416 e. The molecule has 3 rings (SSSR count). The number of benzene rings is 2. The van der Waals surface area contributed by atoms with Crippen LogP contribution in [-0.2, 0) is 17.5 Å². The van der Waals surface area contributed by atoms with Crippen LogP contribution in [0.1, 0.15) is 16.8 Å². The van der Waals surface area contributed by atoms with Crippen LogP contribution in [0, 0.1) is 11.6 Å². The second kappa shape index (κ2) is 6.82. The third-order valence-electron chi connectivity index (χ3n) is 3.83. The molecular weight excluding hydrogens is 371 g/mol. The van der Waals surface area contributed by atoms with Crippen molar-refractivity contribution in [1.29, 1.82) is 0 Å². The van der Waals surface area contributed by atoms with Gasteiger partial charge >= 0.3 is 12.1 Å². The lowest BCUT2D eigenvalue weighted by molar-refractivity contribution is -0.137. The zero-order chi connectivity index (χ0) is 19.8. The molecule has 3 aromatic rings. The summed E-state index contributed by atoms with van der Waals surface area (Å²) in [7, 11) is 0. The average molecular weight is 382 g/mol. The van der Waals surface area contributed by atoms with E-state index in [1.165, 1.54) is 12.1 Å². The van der Waals surface area contributed by atoms with Crippen molar-refractivity contribution in [1.82, 2.24) is 9.78 Å². The van der Waals surface area contributed by atoms with Crippen LogP contribution in [-0.4, -0.2) is 20.9 Å². The van der Waals surface area contributed by atoms with Crippen molar-refractivity contribution in [2.24, 2.45) is 0 Å². The summed E-state index contributed by atoms with van der Waals surface area (Å²) in [6, 6.07) is 5.72. The van der Waals surface area contributed by atoms with E-state index < -0.39 is 29.3 Å². The fourth-order valence-corrected chi connectivity index (χ4v) is 2.58. The largest absolute Gasteiger partial charge is 0.478 e. The molecule has 0 unspecified atom stereocenters. The summed E-state index contributed by atoms with van der Waals surface area (Å²) in [5.74, 6) is -2.91. The molecule has 0 atom stereocenters. The highest BCUT2D eigenvalue weighted by atomic mass is 19.4. The first kappa shape index (κ1) is 18.6. The maximum absolute atomic E-state index is 13.9. The van der Waals surface area contributed by atoms with Crippen molar-refractivity contribution in [3.05, 3.63) is 70.9 Å². The third-order valence-corrected chi connectivity index (χ3v) is 3.83. The van der Waals surface area contributed by atoms with Gasteiger partial charge in [0.2, 0.25) is 0 Å². The fourth-order valence-electron chi connectivity index (χ4n) is 2.58. The first-order valence-corrected chi connectivity index (χ1v) is 7.58. The van der Waals surface area contributed by atoms with Crippen LogP contribution in [0.2, 0.25) is 0 Å². The Balaban J connectivity index is 2.15. The summed E-state index contributed by atoms with van der Waals surface area (Å²) in [5.41, 5.74) is -0.751. The molecule has 2 aromatic carbocycles. The number of rotatable bonds is 4. The molecule has 27 heavy (non-hydrogen) atoms. The number of carboxylic acid groups (broad SMARTS) is 1. The van der Waals surface area contributed by atoms with Crippen LogP contribution >= 0.6 is 0 Å². The highest BCUT2D eigenvalue weighted by Gasteiger charge is 2.31. The molecule has 0 aliphatic heterocycles. The van der Waals surface area contributed by atoms with E-state index in [9.17, 15) is 26.7 Å².